The summed E-state index contributed by atoms with van der Waals surface area (Å²) in [5.74, 6) is -5.16. The quantitative estimate of drug-likeness (QED) is 0.248. The molecular weight excluding hydrogens is 517 g/mol. The third-order valence-corrected chi connectivity index (χ3v) is 5.02. The first kappa shape index (κ1) is 26.1. The summed E-state index contributed by atoms with van der Waals surface area (Å²) in [7, 11) is 0. The molecule has 0 unspecified atom stereocenters. The third-order valence-electron chi connectivity index (χ3n) is 5.02. The topological polar surface area (TPSA) is 127 Å². The number of carbonyl (C=O) groups excluding carboxylic acids is 2. The molecule has 0 radical (unpaired) electrons. The molecule has 0 aliphatic heterocycles. The van der Waals surface area contributed by atoms with Crippen molar-refractivity contribution in [2.24, 2.45) is 5.73 Å². The molecule has 2 aromatic carbocycles. The average Bonchev–Trinajstić information content (AvgIpc) is 3.28. The number of rotatable bonds is 6. The number of amides is 4. The van der Waals surface area contributed by atoms with Crippen LogP contribution in [0.4, 0.5) is 37.2 Å². The standard InChI is InChI=1S/C23H18F5N7O3/c24-22(25,13-35(33-20(29)36)21(37)30-16-4-2-1-3-5-16)19-32-31-18-11-8-15(12-34(18)19)14-6-9-17(10-7-14)38-23(26,27)28/h1-12H,13H2,(H,30,37)(H3,29,33,36). The van der Waals surface area contributed by atoms with Gasteiger partial charge in [0.2, 0.25) is 5.82 Å². The van der Waals surface area contributed by atoms with Gasteiger partial charge in [-0.1, -0.05) is 30.3 Å². The average molecular weight is 535 g/mol. The second kappa shape index (κ2) is 10.2. The van der Waals surface area contributed by atoms with Crippen LogP contribution in [0.1, 0.15) is 5.82 Å². The fourth-order valence-electron chi connectivity index (χ4n) is 3.44. The lowest BCUT2D eigenvalue weighted by atomic mass is 10.1. The molecule has 0 saturated heterocycles. The normalized spacial score (nSPS) is 11.7. The SMILES string of the molecule is NC(=O)NN(CC(F)(F)c1nnc2ccc(-c3ccc(OC(F)(F)F)cc3)cn12)C(=O)Nc1ccccc1. The van der Waals surface area contributed by atoms with Gasteiger partial charge in [-0.3, -0.25) is 4.40 Å². The molecule has 2 heterocycles. The Morgan fingerprint density at radius 2 is 1.58 bits per heavy atom. The minimum absolute atomic E-state index is 0.0311. The molecular formula is C23H18F5N7O3. The van der Waals surface area contributed by atoms with Crippen molar-refractivity contribution in [3.8, 4) is 16.9 Å². The number of carbonyl (C=O) groups is 2. The highest BCUT2D eigenvalue weighted by Crippen LogP contribution is 2.31. The molecule has 0 bridgehead atoms. The van der Waals surface area contributed by atoms with E-state index in [4.69, 9.17) is 5.73 Å². The summed E-state index contributed by atoms with van der Waals surface area (Å²) >= 11 is 0. The van der Waals surface area contributed by atoms with Crippen molar-refractivity contribution in [1.29, 1.82) is 0 Å². The van der Waals surface area contributed by atoms with Crippen molar-refractivity contribution in [2.75, 3.05) is 11.9 Å². The summed E-state index contributed by atoms with van der Waals surface area (Å²) in [6.07, 6.45) is -3.60. The summed E-state index contributed by atoms with van der Waals surface area (Å²) in [5.41, 5.74) is 7.97. The van der Waals surface area contributed by atoms with Crippen LogP contribution in [0.5, 0.6) is 5.75 Å². The first-order valence-corrected chi connectivity index (χ1v) is 10.7. The Hall–Kier alpha value is -4.95. The van der Waals surface area contributed by atoms with E-state index in [0.29, 0.717) is 16.1 Å². The van der Waals surface area contributed by atoms with Crippen LogP contribution in [0.25, 0.3) is 16.8 Å². The Morgan fingerprint density at radius 1 is 0.921 bits per heavy atom. The van der Waals surface area contributed by atoms with Gasteiger partial charge in [-0.15, -0.1) is 23.4 Å². The maximum absolute atomic E-state index is 15.4. The van der Waals surface area contributed by atoms with Crippen molar-refractivity contribution in [3.63, 3.8) is 0 Å². The van der Waals surface area contributed by atoms with E-state index in [9.17, 15) is 22.8 Å². The third kappa shape index (κ3) is 6.24. The van der Waals surface area contributed by atoms with E-state index < -0.39 is 42.5 Å². The Kier molecular flexibility index (Phi) is 7.01. The maximum Gasteiger partial charge on any atom is 0.573 e. The number of urea groups is 2. The zero-order valence-corrected chi connectivity index (χ0v) is 19.1. The Labute approximate surface area is 210 Å². The van der Waals surface area contributed by atoms with Gasteiger partial charge in [0.25, 0.3) is 0 Å². The number of hydrogen-bond acceptors (Lipinski definition) is 5. The molecule has 0 atom stereocenters. The van der Waals surface area contributed by atoms with Crippen LogP contribution in [0, 0.1) is 0 Å². The van der Waals surface area contributed by atoms with Crippen molar-refractivity contribution < 1.29 is 36.3 Å². The second-order valence-electron chi connectivity index (χ2n) is 7.80. The highest BCUT2D eigenvalue weighted by atomic mass is 19.4. The van der Waals surface area contributed by atoms with Gasteiger partial charge in [-0.25, -0.2) is 20.0 Å². The first-order valence-electron chi connectivity index (χ1n) is 10.7. The molecule has 2 aromatic heterocycles. The summed E-state index contributed by atoms with van der Waals surface area (Å²) in [6, 6.07) is 13.2. The van der Waals surface area contributed by atoms with Gasteiger partial charge < -0.3 is 15.8 Å². The molecule has 4 N–H and O–H groups in total. The number of nitrogens with one attached hydrogen (secondary N) is 2. The number of ether oxygens (including phenoxy) is 1. The fraction of sp³-hybridized carbons (Fsp3) is 0.130. The van der Waals surface area contributed by atoms with E-state index in [0.717, 1.165) is 16.5 Å². The van der Waals surface area contributed by atoms with Crippen molar-refractivity contribution in [1.82, 2.24) is 25.0 Å². The van der Waals surface area contributed by atoms with Crippen molar-refractivity contribution in [2.45, 2.75) is 12.3 Å². The number of primary amides is 1. The molecule has 0 aliphatic carbocycles. The lowest BCUT2D eigenvalue weighted by Crippen LogP contribution is -2.54. The number of nitrogens with zero attached hydrogens (tertiary/aromatic N) is 4. The number of anilines is 1. The molecule has 10 nitrogen and oxygen atoms in total. The predicted octanol–water partition coefficient (Wildman–Crippen LogP) is 4.50. The van der Waals surface area contributed by atoms with Gasteiger partial charge in [0.1, 0.15) is 12.3 Å². The molecule has 198 valence electrons. The summed E-state index contributed by atoms with van der Waals surface area (Å²) in [6.45, 7) is -1.36. The number of hydrazine groups is 1. The highest BCUT2D eigenvalue weighted by Gasteiger charge is 2.41. The number of fused-ring (bicyclic) bond motifs is 1. The highest BCUT2D eigenvalue weighted by molar-refractivity contribution is 5.90. The molecule has 38 heavy (non-hydrogen) atoms. The summed E-state index contributed by atoms with van der Waals surface area (Å²) in [5, 5.41) is 9.93. The van der Waals surface area contributed by atoms with Crippen LogP contribution in [-0.4, -0.2) is 44.6 Å². The lowest BCUT2D eigenvalue weighted by molar-refractivity contribution is -0.274. The van der Waals surface area contributed by atoms with Gasteiger partial charge in [-0.05, 0) is 47.5 Å². The Balaban J connectivity index is 1.60. The second-order valence-corrected chi connectivity index (χ2v) is 7.80. The minimum atomic E-state index is -4.86. The molecule has 0 saturated carbocycles. The van der Waals surface area contributed by atoms with E-state index in [1.54, 1.807) is 18.2 Å². The molecule has 0 spiro atoms. The van der Waals surface area contributed by atoms with Crippen LogP contribution in [0.3, 0.4) is 0 Å². The zero-order valence-electron chi connectivity index (χ0n) is 19.1. The lowest BCUT2D eigenvalue weighted by Gasteiger charge is -2.26. The molecule has 4 rings (SSSR count). The maximum atomic E-state index is 15.4. The number of para-hydroxylation sites is 1. The predicted molar refractivity (Wildman–Crippen MR) is 124 cm³/mol. The van der Waals surface area contributed by atoms with E-state index in [1.807, 2.05) is 5.43 Å². The smallest absolute Gasteiger partial charge is 0.406 e. The van der Waals surface area contributed by atoms with Gasteiger partial charge >= 0.3 is 24.3 Å². The van der Waals surface area contributed by atoms with Crippen molar-refractivity contribution >= 4 is 23.4 Å². The largest absolute Gasteiger partial charge is 0.573 e. The number of alkyl halides is 5. The number of aromatic nitrogens is 3. The molecule has 0 aliphatic rings. The number of halogens is 5. The summed E-state index contributed by atoms with van der Waals surface area (Å²) < 4.78 is 72.8. The van der Waals surface area contributed by atoms with Gasteiger partial charge in [0.15, 0.2) is 5.65 Å². The van der Waals surface area contributed by atoms with Crippen LogP contribution >= 0.6 is 0 Å². The van der Waals surface area contributed by atoms with Crippen LogP contribution < -0.4 is 21.2 Å². The van der Waals surface area contributed by atoms with E-state index in [1.165, 1.54) is 42.6 Å². The van der Waals surface area contributed by atoms with E-state index in [-0.39, 0.29) is 11.3 Å². The number of benzene rings is 2. The van der Waals surface area contributed by atoms with Gasteiger partial charge in [-0.2, -0.15) is 8.78 Å². The van der Waals surface area contributed by atoms with Crippen LogP contribution in [0.15, 0.2) is 72.9 Å². The minimum Gasteiger partial charge on any atom is -0.406 e. The van der Waals surface area contributed by atoms with Crippen molar-refractivity contribution in [3.05, 3.63) is 78.8 Å². The molecule has 15 heteroatoms. The number of hydrogen-bond donors (Lipinski definition) is 3. The van der Waals surface area contributed by atoms with E-state index >= 15 is 8.78 Å². The van der Waals surface area contributed by atoms with Crippen LogP contribution in [-0.2, 0) is 5.92 Å². The van der Waals surface area contributed by atoms with Gasteiger partial charge in [0.05, 0.1) is 0 Å². The monoisotopic (exact) mass is 535 g/mol. The molecule has 4 aromatic rings. The Morgan fingerprint density at radius 3 is 2.21 bits per heavy atom. The van der Waals surface area contributed by atoms with Gasteiger partial charge in [0, 0.05) is 11.9 Å². The van der Waals surface area contributed by atoms with E-state index in [2.05, 4.69) is 20.3 Å². The van der Waals surface area contributed by atoms with Crippen LogP contribution in [0.2, 0.25) is 0 Å². The Bertz CT molecular complexity index is 1440. The number of pyridine rings is 1. The summed E-state index contributed by atoms with van der Waals surface area (Å²) in [4.78, 5) is 24.0. The molecule has 0 fully saturated rings. The first-order chi connectivity index (χ1) is 17.9. The molecule has 4 amide bonds. The number of nitrogens with two attached hydrogens (primary N) is 1. The fourth-order valence-corrected chi connectivity index (χ4v) is 3.44. The zero-order chi connectivity index (χ0) is 27.5.